The predicted octanol–water partition coefficient (Wildman–Crippen LogP) is -0.597. The van der Waals surface area contributed by atoms with E-state index in [1.807, 2.05) is 0 Å². The van der Waals surface area contributed by atoms with E-state index < -0.39 is 18.1 Å². The van der Waals surface area contributed by atoms with Crippen LogP contribution in [0.4, 0.5) is 0 Å². The van der Waals surface area contributed by atoms with E-state index in [0.717, 1.165) is 24.2 Å². The molecular formula is C12H16N4O3. The van der Waals surface area contributed by atoms with E-state index in [-0.39, 0.29) is 11.8 Å². The molecule has 0 spiro atoms. The van der Waals surface area contributed by atoms with Crippen LogP contribution in [0.25, 0.3) is 0 Å². The Labute approximate surface area is 109 Å². The highest BCUT2D eigenvalue weighted by atomic mass is 16.4. The van der Waals surface area contributed by atoms with Crippen molar-refractivity contribution in [2.45, 2.75) is 37.9 Å². The maximum atomic E-state index is 12.1. The number of fused-ring (bicyclic) bond motifs is 1. The van der Waals surface area contributed by atoms with Gasteiger partial charge >= 0.3 is 5.97 Å². The topological polar surface area (TPSA) is 107 Å². The molecule has 1 saturated carbocycles. The van der Waals surface area contributed by atoms with Gasteiger partial charge in [-0.2, -0.15) is 0 Å². The fourth-order valence-electron chi connectivity index (χ4n) is 2.42. The number of aromatic nitrogens is 2. The number of nitrogens with one attached hydrogen (secondary N) is 3. The van der Waals surface area contributed by atoms with E-state index in [1.54, 1.807) is 6.33 Å². The molecule has 1 aliphatic heterocycles. The summed E-state index contributed by atoms with van der Waals surface area (Å²) in [5, 5.41) is 14.8. The van der Waals surface area contributed by atoms with Crippen LogP contribution >= 0.6 is 0 Å². The second kappa shape index (κ2) is 4.65. The van der Waals surface area contributed by atoms with Crippen molar-refractivity contribution in [2.75, 3.05) is 0 Å². The second-order valence-corrected chi connectivity index (χ2v) is 5.13. The number of imidazole rings is 1. The van der Waals surface area contributed by atoms with Gasteiger partial charge in [0.15, 0.2) is 0 Å². The zero-order valence-electron chi connectivity index (χ0n) is 10.3. The van der Waals surface area contributed by atoms with Gasteiger partial charge in [0.1, 0.15) is 6.04 Å². The average molecular weight is 264 g/mol. The highest BCUT2D eigenvalue weighted by Gasteiger charge is 2.38. The molecule has 7 nitrogen and oxygen atoms in total. The Kier molecular flexibility index (Phi) is 2.98. The molecule has 0 aromatic carbocycles. The van der Waals surface area contributed by atoms with Crippen molar-refractivity contribution in [1.82, 2.24) is 20.6 Å². The summed E-state index contributed by atoms with van der Waals surface area (Å²) in [6.07, 6.45) is 3.84. The molecule has 1 amide bonds. The summed E-state index contributed by atoms with van der Waals surface area (Å²) in [4.78, 5) is 30.4. The van der Waals surface area contributed by atoms with Crippen molar-refractivity contribution in [1.29, 1.82) is 0 Å². The molecule has 2 aliphatic rings. The molecule has 1 aliphatic carbocycles. The first-order valence-corrected chi connectivity index (χ1v) is 6.43. The number of aliphatic carboxylic acids is 1. The van der Waals surface area contributed by atoms with Crippen LogP contribution < -0.4 is 10.6 Å². The molecule has 0 radical (unpaired) electrons. The van der Waals surface area contributed by atoms with Crippen LogP contribution in [0.3, 0.4) is 0 Å². The van der Waals surface area contributed by atoms with Gasteiger partial charge in [-0.3, -0.25) is 10.1 Å². The van der Waals surface area contributed by atoms with Crippen molar-refractivity contribution in [2.24, 2.45) is 5.92 Å². The zero-order chi connectivity index (χ0) is 13.4. The van der Waals surface area contributed by atoms with E-state index in [4.69, 9.17) is 5.11 Å². The van der Waals surface area contributed by atoms with Crippen LogP contribution in [0.2, 0.25) is 0 Å². The number of carboxylic acids is 1. The SMILES string of the molecule is O=C(NC(C(=O)O)C1CC1)C1Cc2nc[nH]c2CN1. The van der Waals surface area contributed by atoms with Gasteiger partial charge in [-0.15, -0.1) is 0 Å². The van der Waals surface area contributed by atoms with Crippen molar-refractivity contribution >= 4 is 11.9 Å². The molecule has 2 unspecified atom stereocenters. The van der Waals surface area contributed by atoms with Crippen molar-refractivity contribution < 1.29 is 14.7 Å². The summed E-state index contributed by atoms with van der Waals surface area (Å²) in [6.45, 7) is 0.550. The van der Waals surface area contributed by atoms with Gasteiger partial charge in [0, 0.05) is 13.0 Å². The molecule has 2 atom stereocenters. The minimum Gasteiger partial charge on any atom is -0.480 e. The lowest BCUT2D eigenvalue weighted by molar-refractivity contribution is -0.142. The highest BCUT2D eigenvalue weighted by Crippen LogP contribution is 2.32. The minimum atomic E-state index is -0.952. The molecule has 1 aromatic heterocycles. The number of hydrogen-bond acceptors (Lipinski definition) is 4. The summed E-state index contributed by atoms with van der Waals surface area (Å²) in [7, 11) is 0. The lowest BCUT2D eigenvalue weighted by Gasteiger charge is -2.24. The lowest BCUT2D eigenvalue weighted by Crippen LogP contribution is -2.53. The van der Waals surface area contributed by atoms with E-state index in [2.05, 4.69) is 20.6 Å². The summed E-state index contributed by atoms with van der Waals surface area (Å²) < 4.78 is 0. The molecule has 0 bridgehead atoms. The fourth-order valence-corrected chi connectivity index (χ4v) is 2.42. The monoisotopic (exact) mass is 264 g/mol. The summed E-state index contributed by atoms with van der Waals surface area (Å²) in [5.74, 6) is -1.12. The van der Waals surface area contributed by atoms with Gasteiger partial charge in [0.2, 0.25) is 5.91 Å². The van der Waals surface area contributed by atoms with Crippen LogP contribution in [-0.4, -0.2) is 39.0 Å². The lowest BCUT2D eigenvalue weighted by atomic mass is 10.0. The first-order valence-electron chi connectivity index (χ1n) is 6.43. The van der Waals surface area contributed by atoms with Gasteiger partial charge in [-0.25, -0.2) is 9.78 Å². The maximum Gasteiger partial charge on any atom is 0.326 e. The summed E-state index contributed by atoms with van der Waals surface area (Å²) in [6, 6.07) is -1.16. The number of carbonyl (C=O) groups is 2. The Morgan fingerprint density at radius 3 is 2.95 bits per heavy atom. The summed E-state index contributed by atoms with van der Waals surface area (Å²) in [5.41, 5.74) is 1.86. The van der Waals surface area contributed by atoms with Crippen LogP contribution in [0, 0.1) is 5.92 Å². The number of amides is 1. The Balaban J connectivity index is 1.63. The Morgan fingerprint density at radius 1 is 1.47 bits per heavy atom. The van der Waals surface area contributed by atoms with E-state index in [9.17, 15) is 9.59 Å². The molecule has 1 aromatic rings. The molecule has 4 N–H and O–H groups in total. The molecule has 7 heteroatoms. The maximum absolute atomic E-state index is 12.1. The molecule has 3 rings (SSSR count). The number of hydrogen-bond donors (Lipinski definition) is 4. The van der Waals surface area contributed by atoms with E-state index in [0.29, 0.717) is 13.0 Å². The predicted molar refractivity (Wildman–Crippen MR) is 65.2 cm³/mol. The first kappa shape index (κ1) is 12.2. The average Bonchev–Trinajstić information content (AvgIpc) is 3.11. The molecule has 19 heavy (non-hydrogen) atoms. The zero-order valence-corrected chi connectivity index (χ0v) is 10.3. The van der Waals surface area contributed by atoms with Crippen LogP contribution in [0.15, 0.2) is 6.33 Å². The quantitative estimate of drug-likeness (QED) is 0.581. The molecule has 2 heterocycles. The van der Waals surface area contributed by atoms with Crippen molar-refractivity contribution in [3.05, 3.63) is 17.7 Å². The standard InChI is InChI=1S/C12H16N4O3/c17-11(16-10(12(18)19)6-1-2-6)8-3-7-9(4-13-8)15-5-14-7/h5-6,8,10,13H,1-4H2,(H,14,15)(H,16,17)(H,18,19). The largest absolute Gasteiger partial charge is 0.480 e. The van der Waals surface area contributed by atoms with Crippen LogP contribution in [-0.2, 0) is 22.6 Å². The molecule has 1 fully saturated rings. The molecule has 0 saturated heterocycles. The minimum absolute atomic E-state index is 0.0889. The number of rotatable bonds is 4. The number of carbonyl (C=O) groups excluding carboxylic acids is 1. The number of carboxylic acid groups (broad SMARTS) is 1. The summed E-state index contributed by atoms with van der Waals surface area (Å²) >= 11 is 0. The number of nitrogens with zero attached hydrogens (tertiary/aromatic N) is 1. The Hall–Kier alpha value is -1.89. The van der Waals surface area contributed by atoms with Gasteiger partial charge in [0.05, 0.1) is 23.8 Å². The smallest absolute Gasteiger partial charge is 0.326 e. The van der Waals surface area contributed by atoms with Gasteiger partial charge in [-0.1, -0.05) is 0 Å². The Bertz CT molecular complexity index is 509. The highest BCUT2D eigenvalue weighted by molar-refractivity contribution is 5.87. The molecule has 102 valence electrons. The van der Waals surface area contributed by atoms with Crippen LogP contribution in [0.1, 0.15) is 24.2 Å². The fraction of sp³-hybridized carbons (Fsp3) is 0.583. The van der Waals surface area contributed by atoms with E-state index >= 15 is 0 Å². The second-order valence-electron chi connectivity index (χ2n) is 5.13. The third-order valence-corrected chi connectivity index (χ3v) is 3.70. The van der Waals surface area contributed by atoms with Gasteiger partial charge < -0.3 is 15.4 Å². The van der Waals surface area contributed by atoms with Crippen molar-refractivity contribution in [3.8, 4) is 0 Å². The van der Waals surface area contributed by atoms with Crippen LogP contribution in [0.5, 0.6) is 0 Å². The first-order chi connectivity index (χ1) is 9.15. The normalized spacial score (nSPS) is 23.5. The van der Waals surface area contributed by atoms with Gasteiger partial charge in [0.25, 0.3) is 0 Å². The van der Waals surface area contributed by atoms with Gasteiger partial charge in [-0.05, 0) is 18.8 Å². The number of H-pyrrole nitrogens is 1. The Morgan fingerprint density at radius 2 is 2.26 bits per heavy atom. The van der Waals surface area contributed by atoms with Crippen molar-refractivity contribution in [3.63, 3.8) is 0 Å². The van der Waals surface area contributed by atoms with E-state index in [1.165, 1.54) is 0 Å². The third kappa shape index (κ3) is 2.46. The molecular weight excluding hydrogens is 248 g/mol. The third-order valence-electron chi connectivity index (χ3n) is 3.70. The number of aromatic amines is 1.